The van der Waals surface area contributed by atoms with Gasteiger partial charge in [-0.2, -0.15) is 0 Å². The molecule has 0 radical (unpaired) electrons. The highest BCUT2D eigenvalue weighted by molar-refractivity contribution is 5.96. The Labute approximate surface area is 255 Å². The van der Waals surface area contributed by atoms with E-state index in [1.165, 1.54) is 5.56 Å². The first kappa shape index (κ1) is 30.9. The van der Waals surface area contributed by atoms with Gasteiger partial charge < -0.3 is 25.3 Å². The first-order valence-electron chi connectivity index (χ1n) is 15.6. The number of benzene rings is 2. The summed E-state index contributed by atoms with van der Waals surface area (Å²) in [6.45, 7) is 6.14. The maximum absolute atomic E-state index is 14.2. The molecule has 1 unspecified atom stereocenters. The molecule has 2 heterocycles. The van der Waals surface area contributed by atoms with Crippen molar-refractivity contribution in [3.8, 4) is 11.3 Å². The predicted octanol–water partition coefficient (Wildman–Crippen LogP) is 3.32. The van der Waals surface area contributed by atoms with Crippen molar-refractivity contribution in [2.24, 2.45) is 5.84 Å². The van der Waals surface area contributed by atoms with Gasteiger partial charge in [0.15, 0.2) is 0 Å². The topological polar surface area (TPSA) is 95.8 Å². The maximum Gasteiger partial charge on any atom is 0.252 e. The van der Waals surface area contributed by atoms with Crippen molar-refractivity contribution in [2.75, 3.05) is 40.4 Å². The second kappa shape index (κ2) is 14.8. The molecule has 8 heteroatoms. The molecule has 1 amide bonds. The van der Waals surface area contributed by atoms with E-state index in [1.54, 1.807) is 0 Å². The van der Waals surface area contributed by atoms with E-state index in [0.29, 0.717) is 18.8 Å². The Balaban J connectivity index is 1.60. The molecule has 2 aliphatic rings. The van der Waals surface area contributed by atoms with Crippen molar-refractivity contribution in [1.82, 2.24) is 25.5 Å². The molecule has 5 rings (SSSR count). The van der Waals surface area contributed by atoms with E-state index in [0.717, 1.165) is 84.8 Å². The van der Waals surface area contributed by atoms with Crippen molar-refractivity contribution in [3.63, 3.8) is 0 Å². The molecule has 1 fully saturated rings. The van der Waals surface area contributed by atoms with Crippen molar-refractivity contribution in [1.29, 1.82) is 0 Å². The Morgan fingerprint density at radius 1 is 1.12 bits per heavy atom. The molecule has 228 valence electrons. The molecule has 1 aromatic heterocycles. The van der Waals surface area contributed by atoms with Crippen molar-refractivity contribution < 1.29 is 9.53 Å². The molecule has 8 nitrogen and oxygen atoms in total. The van der Waals surface area contributed by atoms with Crippen LogP contribution in [0.2, 0.25) is 0 Å². The van der Waals surface area contributed by atoms with Crippen LogP contribution in [0.4, 0.5) is 0 Å². The summed E-state index contributed by atoms with van der Waals surface area (Å²) < 4.78 is 5.62. The SMILES string of the molecule is CNCCN(C)Cc1cccc(-c2cc(C(=O)NC(C)c3ccccc3)c3c(n2)=CCCCC=3N(N)C2CCOCC2)c1. The molecule has 1 saturated heterocycles. The number of amides is 1. The van der Waals surface area contributed by atoms with Crippen LogP contribution < -0.4 is 27.0 Å². The minimum atomic E-state index is -0.153. The number of carbonyl (C=O) groups excluding carboxylic acids is 1. The third-order valence-corrected chi connectivity index (χ3v) is 8.50. The third kappa shape index (κ3) is 7.70. The van der Waals surface area contributed by atoms with E-state index in [-0.39, 0.29) is 18.0 Å². The fourth-order valence-electron chi connectivity index (χ4n) is 6.04. The van der Waals surface area contributed by atoms with E-state index < -0.39 is 0 Å². The van der Waals surface area contributed by atoms with Crippen LogP contribution >= 0.6 is 0 Å². The zero-order chi connectivity index (χ0) is 30.2. The molecule has 4 N–H and O–H groups in total. The second-order valence-electron chi connectivity index (χ2n) is 11.8. The molecular formula is C35H46N6O2. The van der Waals surface area contributed by atoms with E-state index in [2.05, 4.69) is 52.9 Å². The molecule has 1 aliphatic heterocycles. The van der Waals surface area contributed by atoms with Gasteiger partial charge >= 0.3 is 0 Å². The fraction of sp³-hybridized carbons (Fsp3) is 0.429. The van der Waals surface area contributed by atoms with Crippen molar-refractivity contribution in [3.05, 3.63) is 87.9 Å². The lowest BCUT2D eigenvalue weighted by Crippen LogP contribution is -2.48. The van der Waals surface area contributed by atoms with Gasteiger partial charge in [0.1, 0.15) is 0 Å². The van der Waals surface area contributed by atoms with Gasteiger partial charge in [0.2, 0.25) is 0 Å². The van der Waals surface area contributed by atoms with Gasteiger partial charge in [0, 0.05) is 55.4 Å². The lowest BCUT2D eigenvalue weighted by atomic mass is 10.0. The number of hydrazine groups is 1. The molecule has 1 atom stereocenters. The van der Waals surface area contributed by atoms with Gasteiger partial charge in [-0.15, -0.1) is 0 Å². The average molecular weight is 583 g/mol. The number of nitrogens with two attached hydrogens (primary N) is 1. The summed E-state index contributed by atoms with van der Waals surface area (Å²) in [4.78, 5) is 21.7. The number of nitrogens with zero attached hydrogens (tertiary/aromatic N) is 3. The molecule has 0 bridgehead atoms. The quantitative estimate of drug-likeness (QED) is 0.236. The number of ether oxygens (including phenoxy) is 1. The van der Waals surface area contributed by atoms with Gasteiger partial charge in [0.25, 0.3) is 5.91 Å². The van der Waals surface area contributed by atoms with Crippen LogP contribution in [0.25, 0.3) is 23.0 Å². The number of aromatic nitrogens is 1. The predicted molar refractivity (Wildman–Crippen MR) is 173 cm³/mol. The number of nitrogens with one attached hydrogen (secondary N) is 2. The van der Waals surface area contributed by atoms with Crippen LogP contribution in [-0.2, 0) is 11.3 Å². The van der Waals surface area contributed by atoms with Crippen LogP contribution in [0.5, 0.6) is 0 Å². The summed E-state index contributed by atoms with van der Waals surface area (Å²) in [5.41, 5.74) is 5.68. The van der Waals surface area contributed by atoms with Crippen LogP contribution in [0.1, 0.15) is 66.6 Å². The van der Waals surface area contributed by atoms with Crippen LogP contribution in [0, 0.1) is 0 Å². The number of pyridine rings is 1. The van der Waals surface area contributed by atoms with Crippen LogP contribution in [0.15, 0.2) is 60.7 Å². The number of fused-ring (bicyclic) bond motifs is 1. The van der Waals surface area contributed by atoms with E-state index in [9.17, 15) is 4.79 Å². The molecule has 3 aromatic rings. The molecule has 43 heavy (non-hydrogen) atoms. The summed E-state index contributed by atoms with van der Waals surface area (Å²) in [7, 11) is 4.10. The number of carbonyl (C=O) groups is 1. The Morgan fingerprint density at radius 3 is 2.67 bits per heavy atom. The van der Waals surface area contributed by atoms with Gasteiger partial charge in [-0.1, -0.05) is 54.6 Å². The van der Waals surface area contributed by atoms with E-state index in [4.69, 9.17) is 15.6 Å². The highest BCUT2D eigenvalue weighted by Gasteiger charge is 2.25. The Hall–Kier alpha value is -3.56. The monoisotopic (exact) mass is 582 g/mol. The lowest BCUT2D eigenvalue weighted by molar-refractivity contribution is 0.0512. The summed E-state index contributed by atoms with van der Waals surface area (Å²) in [5.74, 6) is 6.76. The maximum atomic E-state index is 14.2. The number of hydrogen-bond acceptors (Lipinski definition) is 7. The summed E-state index contributed by atoms with van der Waals surface area (Å²) in [5, 5.41) is 10.1. The van der Waals surface area contributed by atoms with Crippen molar-refractivity contribution in [2.45, 2.75) is 57.7 Å². The average Bonchev–Trinajstić information content (AvgIpc) is 3.26. The highest BCUT2D eigenvalue weighted by Crippen LogP contribution is 2.23. The fourth-order valence-corrected chi connectivity index (χ4v) is 6.04. The standard InChI is InChI=1S/C35H46N6O2/c1-25(27-11-5-4-6-12-27)38-35(42)30-23-32(28-13-9-10-26(22-28)24-40(3)19-18-37-2)39-31-14-7-8-15-33(34(30)31)41(36)29-16-20-43-21-17-29/h4-6,9-14,22-23,25,29,37H,7-8,15-21,24,36H2,1-3H3,(H,38,42). The molecule has 1 aliphatic carbocycles. The largest absolute Gasteiger partial charge is 0.381 e. The minimum Gasteiger partial charge on any atom is -0.381 e. The minimum absolute atomic E-state index is 0.118. The van der Waals surface area contributed by atoms with Gasteiger partial charge in [-0.3, -0.25) is 4.79 Å². The van der Waals surface area contributed by atoms with Gasteiger partial charge in [0.05, 0.1) is 22.6 Å². The van der Waals surface area contributed by atoms with Crippen molar-refractivity contribution >= 4 is 17.7 Å². The zero-order valence-corrected chi connectivity index (χ0v) is 25.8. The Kier molecular flexibility index (Phi) is 10.6. The lowest BCUT2D eigenvalue weighted by Gasteiger charge is -2.34. The number of rotatable bonds is 11. The van der Waals surface area contributed by atoms with E-state index >= 15 is 0 Å². The highest BCUT2D eigenvalue weighted by atomic mass is 16.5. The molecular weight excluding hydrogens is 536 g/mol. The first-order valence-corrected chi connectivity index (χ1v) is 15.6. The number of hydrogen-bond donors (Lipinski definition) is 3. The summed E-state index contributed by atoms with van der Waals surface area (Å²) in [6.07, 6.45) is 6.54. The van der Waals surface area contributed by atoms with E-state index in [1.807, 2.05) is 55.4 Å². The molecule has 0 saturated carbocycles. The van der Waals surface area contributed by atoms with Crippen LogP contribution in [-0.4, -0.2) is 67.2 Å². The van der Waals surface area contributed by atoms with Crippen LogP contribution in [0.3, 0.4) is 0 Å². The molecule has 0 spiro atoms. The number of likely N-dealkylation sites (N-methyl/N-ethyl adjacent to an activating group) is 2. The Bertz CT molecular complexity index is 1500. The normalized spacial score (nSPS) is 16.3. The Morgan fingerprint density at radius 2 is 1.91 bits per heavy atom. The zero-order valence-electron chi connectivity index (χ0n) is 25.8. The smallest absolute Gasteiger partial charge is 0.252 e. The molecule has 2 aromatic carbocycles. The third-order valence-electron chi connectivity index (χ3n) is 8.50. The summed E-state index contributed by atoms with van der Waals surface area (Å²) >= 11 is 0. The summed E-state index contributed by atoms with van der Waals surface area (Å²) in [6, 6.07) is 20.6. The first-order chi connectivity index (χ1) is 20.9. The van der Waals surface area contributed by atoms with Gasteiger partial charge in [-0.05, 0) is 76.4 Å². The van der Waals surface area contributed by atoms with Gasteiger partial charge in [-0.25, -0.2) is 10.8 Å². The second-order valence-corrected chi connectivity index (χ2v) is 11.8.